The van der Waals surface area contributed by atoms with Crippen molar-refractivity contribution in [2.45, 2.75) is 52.5 Å². The number of hydrazone groups is 1. The summed E-state index contributed by atoms with van der Waals surface area (Å²) < 4.78 is 1.86. The van der Waals surface area contributed by atoms with Gasteiger partial charge in [-0.2, -0.15) is 10.2 Å². The van der Waals surface area contributed by atoms with Crippen LogP contribution in [0, 0.1) is 19.8 Å². The number of rotatable bonds is 3. The lowest BCUT2D eigenvalue weighted by Gasteiger charge is -2.30. The van der Waals surface area contributed by atoms with E-state index >= 15 is 0 Å². The van der Waals surface area contributed by atoms with E-state index in [1.807, 2.05) is 25.6 Å². The molecule has 5 nitrogen and oxygen atoms in total. The lowest BCUT2D eigenvalue weighted by atomic mass is 9.86. The second-order valence-electron chi connectivity index (χ2n) is 5.92. The number of aryl methyl sites for hydroxylation is 2. The Bertz CT molecular complexity index is 534. The molecule has 21 heavy (non-hydrogen) atoms. The van der Waals surface area contributed by atoms with E-state index in [1.165, 1.54) is 25.7 Å². The Morgan fingerprint density at radius 2 is 2.10 bits per heavy atom. The molecule has 1 aliphatic carbocycles. The molecule has 0 aliphatic heterocycles. The maximum atomic E-state index is 5.32. The predicted molar refractivity (Wildman–Crippen MR) is 90.6 cm³/mol. The molecule has 2 atom stereocenters. The zero-order valence-electron chi connectivity index (χ0n) is 13.3. The average molecular weight is 307 g/mol. The van der Waals surface area contributed by atoms with E-state index in [4.69, 9.17) is 12.2 Å². The van der Waals surface area contributed by atoms with E-state index in [-0.39, 0.29) is 0 Å². The Labute approximate surface area is 132 Å². The van der Waals surface area contributed by atoms with Gasteiger partial charge in [0.05, 0.1) is 11.9 Å². The first-order valence-electron chi connectivity index (χ1n) is 7.58. The number of aromatic nitrogens is 2. The van der Waals surface area contributed by atoms with Gasteiger partial charge in [-0.15, -0.1) is 0 Å². The van der Waals surface area contributed by atoms with Crippen LogP contribution in [0.1, 0.15) is 49.6 Å². The Kier molecular flexibility index (Phi) is 5.33. The van der Waals surface area contributed by atoms with Gasteiger partial charge in [0.15, 0.2) is 5.11 Å². The molecule has 1 fully saturated rings. The highest BCUT2D eigenvalue weighted by Crippen LogP contribution is 2.23. The molecule has 116 valence electrons. The van der Waals surface area contributed by atoms with Crippen molar-refractivity contribution in [3.8, 4) is 0 Å². The van der Waals surface area contributed by atoms with E-state index in [2.05, 4.69) is 27.9 Å². The van der Waals surface area contributed by atoms with Gasteiger partial charge in [-0.1, -0.05) is 19.8 Å². The maximum Gasteiger partial charge on any atom is 0.187 e. The Morgan fingerprint density at radius 1 is 1.38 bits per heavy atom. The molecule has 6 heteroatoms. The van der Waals surface area contributed by atoms with Gasteiger partial charge >= 0.3 is 0 Å². The molecule has 1 aromatic heterocycles. The summed E-state index contributed by atoms with van der Waals surface area (Å²) in [4.78, 5) is 0. The van der Waals surface area contributed by atoms with Crippen molar-refractivity contribution in [1.82, 2.24) is 20.5 Å². The van der Waals surface area contributed by atoms with E-state index in [0.29, 0.717) is 17.1 Å². The first-order valence-corrected chi connectivity index (χ1v) is 7.99. The van der Waals surface area contributed by atoms with Crippen LogP contribution in [0.3, 0.4) is 0 Å². The van der Waals surface area contributed by atoms with Crippen molar-refractivity contribution in [1.29, 1.82) is 0 Å². The van der Waals surface area contributed by atoms with Gasteiger partial charge in [0.25, 0.3) is 0 Å². The molecule has 0 amide bonds. The Balaban J connectivity index is 1.87. The molecule has 0 radical (unpaired) electrons. The SMILES string of the molecule is Cc1nn(C)c(C)c1/C=N\NC(=S)N[C@H]1CCCC[C@@H]1C. The molecule has 1 saturated carbocycles. The predicted octanol–water partition coefficient (Wildman–Crippen LogP) is 2.41. The van der Waals surface area contributed by atoms with Gasteiger partial charge in [-0.3, -0.25) is 10.1 Å². The zero-order valence-corrected chi connectivity index (χ0v) is 14.1. The fourth-order valence-corrected chi connectivity index (χ4v) is 3.07. The number of nitrogens with one attached hydrogen (secondary N) is 2. The van der Waals surface area contributed by atoms with Crippen LogP contribution < -0.4 is 10.7 Å². The third kappa shape index (κ3) is 4.03. The molecule has 1 heterocycles. The molecule has 1 aromatic rings. The van der Waals surface area contributed by atoms with Gasteiger partial charge in [-0.25, -0.2) is 0 Å². The van der Waals surface area contributed by atoms with E-state index in [9.17, 15) is 0 Å². The topological polar surface area (TPSA) is 54.2 Å². The molecular formula is C15H25N5S. The van der Waals surface area contributed by atoms with Crippen molar-refractivity contribution in [3.63, 3.8) is 0 Å². The summed E-state index contributed by atoms with van der Waals surface area (Å²) in [6.07, 6.45) is 6.86. The summed E-state index contributed by atoms with van der Waals surface area (Å²) in [6, 6.07) is 0.468. The summed E-state index contributed by atoms with van der Waals surface area (Å²) in [5, 5.41) is 12.6. The first-order chi connectivity index (χ1) is 9.99. The Morgan fingerprint density at radius 3 is 2.71 bits per heavy atom. The van der Waals surface area contributed by atoms with Gasteiger partial charge in [0.2, 0.25) is 0 Å². The molecule has 0 unspecified atom stereocenters. The van der Waals surface area contributed by atoms with Crippen molar-refractivity contribution < 1.29 is 0 Å². The maximum absolute atomic E-state index is 5.32. The van der Waals surface area contributed by atoms with Crippen LogP contribution in [-0.2, 0) is 7.05 Å². The molecule has 2 N–H and O–H groups in total. The van der Waals surface area contributed by atoms with Crippen LogP contribution in [0.5, 0.6) is 0 Å². The summed E-state index contributed by atoms with van der Waals surface area (Å²) in [5.74, 6) is 0.672. The van der Waals surface area contributed by atoms with Crippen molar-refractivity contribution >= 4 is 23.5 Å². The van der Waals surface area contributed by atoms with Crippen molar-refractivity contribution in [2.24, 2.45) is 18.1 Å². The molecule has 0 aromatic carbocycles. The highest BCUT2D eigenvalue weighted by molar-refractivity contribution is 7.80. The third-order valence-corrected chi connectivity index (χ3v) is 4.56. The first kappa shape index (κ1) is 15.9. The largest absolute Gasteiger partial charge is 0.358 e. The number of nitrogens with zero attached hydrogens (tertiary/aromatic N) is 3. The van der Waals surface area contributed by atoms with Crippen LogP contribution in [0.25, 0.3) is 0 Å². The van der Waals surface area contributed by atoms with E-state index in [0.717, 1.165) is 17.0 Å². The minimum Gasteiger partial charge on any atom is -0.358 e. The standard InChI is InChI=1S/C15H25N5S/c1-10-7-5-6-8-14(10)17-15(21)18-16-9-13-11(2)19-20(4)12(13)3/h9-10,14H,5-8H2,1-4H3,(H2,17,18,21)/b16-9-/t10-,14-/m0/s1. The highest BCUT2D eigenvalue weighted by atomic mass is 32.1. The minimum atomic E-state index is 0.468. The Hall–Kier alpha value is -1.43. The van der Waals surface area contributed by atoms with Crippen LogP contribution in [0.4, 0.5) is 0 Å². The van der Waals surface area contributed by atoms with Gasteiger partial charge < -0.3 is 5.32 Å². The molecule has 1 aliphatic rings. The van der Waals surface area contributed by atoms with E-state index < -0.39 is 0 Å². The molecule has 0 spiro atoms. The van der Waals surface area contributed by atoms with Gasteiger partial charge in [0.1, 0.15) is 0 Å². The minimum absolute atomic E-state index is 0.468. The van der Waals surface area contributed by atoms with Crippen LogP contribution in [0.15, 0.2) is 5.10 Å². The normalized spacial score (nSPS) is 22.5. The molecule has 2 rings (SSSR count). The van der Waals surface area contributed by atoms with Crippen molar-refractivity contribution in [3.05, 3.63) is 17.0 Å². The summed E-state index contributed by atoms with van der Waals surface area (Å²) in [6.45, 7) is 6.29. The second-order valence-corrected chi connectivity index (χ2v) is 6.33. The second kappa shape index (κ2) is 7.02. The molecule has 0 bridgehead atoms. The number of thiocarbonyl (C=S) groups is 1. The fraction of sp³-hybridized carbons (Fsp3) is 0.667. The monoisotopic (exact) mass is 307 g/mol. The van der Waals surface area contributed by atoms with E-state index in [1.54, 1.807) is 6.21 Å². The van der Waals surface area contributed by atoms with Crippen LogP contribution in [-0.4, -0.2) is 27.1 Å². The summed E-state index contributed by atoms with van der Waals surface area (Å²) in [7, 11) is 1.93. The number of hydrogen-bond donors (Lipinski definition) is 2. The third-order valence-electron chi connectivity index (χ3n) is 4.35. The lowest BCUT2D eigenvalue weighted by Crippen LogP contribution is -2.44. The van der Waals surface area contributed by atoms with Gasteiger partial charge in [-0.05, 0) is 44.8 Å². The fourth-order valence-electron chi connectivity index (χ4n) is 2.86. The highest BCUT2D eigenvalue weighted by Gasteiger charge is 2.21. The van der Waals surface area contributed by atoms with Crippen LogP contribution in [0.2, 0.25) is 0 Å². The van der Waals surface area contributed by atoms with Crippen molar-refractivity contribution in [2.75, 3.05) is 0 Å². The lowest BCUT2D eigenvalue weighted by molar-refractivity contribution is 0.308. The van der Waals surface area contributed by atoms with Gasteiger partial charge in [0, 0.05) is 24.3 Å². The smallest absolute Gasteiger partial charge is 0.187 e. The summed E-state index contributed by atoms with van der Waals surface area (Å²) >= 11 is 5.32. The number of hydrogen-bond acceptors (Lipinski definition) is 3. The molecular weight excluding hydrogens is 282 g/mol. The zero-order chi connectivity index (χ0) is 15.4. The average Bonchev–Trinajstić information content (AvgIpc) is 2.68. The summed E-state index contributed by atoms with van der Waals surface area (Å²) in [5.41, 5.74) is 6.02. The molecule has 0 saturated heterocycles. The quantitative estimate of drug-likeness (QED) is 0.511. The van der Waals surface area contributed by atoms with Crippen LogP contribution >= 0.6 is 12.2 Å².